The van der Waals surface area contributed by atoms with Crippen molar-refractivity contribution in [2.24, 2.45) is 0 Å². The molecule has 3 aromatic carbocycles. The van der Waals surface area contributed by atoms with Crippen molar-refractivity contribution < 1.29 is 19.4 Å². The van der Waals surface area contributed by atoms with Crippen LogP contribution in [0, 0.1) is 20.8 Å². The SMILES string of the molecule is COc1ccc2cc(/C(O)=C3\C(=O)C(=O)N(c4nc(C)c(C)s4)C3c3ccc(C)cc3)ccc2c1. The van der Waals surface area contributed by atoms with Gasteiger partial charge in [-0.15, -0.1) is 11.3 Å². The number of aromatic nitrogens is 1. The van der Waals surface area contributed by atoms with Crippen molar-refractivity contribution in [2.45, 2.75) is 26.8 Å². The Morgan fingerprint density at radius 2 is 1.66 bits per heavy atom. The zero-order valence-electron chi connectivity index (χ0n) is 19.8. The predicted molar refractivity (Wildman–Crippen MR) is 138 cm³/mol. The number of hydrogen-bond acceptors (Lipinski definition) is 6. The Labute approximate surface area is 207 Å². The number of amides is 1. The molecule has 1 aromatic heterocycles. The van der Waals surface area contributed by atoms with Crippen molar-refractivity contribution >= 4 is 44.7 Å². The van der Waals surface area contributed by atoms with Crippen LogP contribution < -0.4 is 9.64 Å². The fourth-order valence-corrected chi connectivity index (χ4v) is 5.24. The number of fused-ring (bicyclic) bond motifs is 1. The topological polar surface area (TPSA) is 79.7 Å². The summed E-state index contributed by atoms with van der Waals surface area (Å²) in [6, 6.07) is 17.9. The molecule has 0 spiro atoms. The lowest BCUT2D eigenvalue weighted by Gasteiger charge is -2.23. The summed E-state index contributed by atoms with van der Waals surface area (Å²) < 4.78 is 5.29. The summed E-state index contributed by atoms with van der Waals surface area (Å²) in [7, 11) is 1.61. The molecule has 2 heterocycles. The van der Waals surface area contributed by atoms with E-state index < -0.39 is 17.7 Å². The van der Waals surface area contributed by atoms with Gasteiger partial charge in [-0.25, -0.2) is 4.98 Å². The third-order valence-corrected chi connectivity index (χ3v) is 7.45. The summed E-state index contributed by atoms with van der Waals surface area (Å²) in [6.45, 7) is 5.77. The molecule has 7 heteroatoms. The number of thiazole rings is 1. The molecule has 4 aromatic rings. The molecular formula is C28H24N2O4S. The van der Waals surface area contributed by atoms with Gasteiger partial charge in [0.25, 0.3) is 5.78 Å². The fourth-order valence-electron chi connectivity index (χ4n) is 4.31. The van der Waals surface area contributed by atoms with Crippen molar-refractivity contribution in [3.8, 4) is 5.75 Å². The average Bonchev–Trinajstić information content (AvgIpc) is 3.33. The number of ether oxygens (including phenoxy) is 1. The van der Waals surface area contributed by atoms with Gasteiger partial charge in [0.2, 0.25) is 0 Å². The van der Waals surface area contributed by atoms with Crippen LogP contribution in [0.15, 0.2) is 66.2 Å². The molecule has 1 aliphatic heterocycles. The maximum Gasteiger partial charge on any atom is 0.301 e. The number of ketones is 1. The van der Waals surface area contributed by atoms with Gasteiger partial charge in [0.15, 0.2) is 5.13 Å². The van der Waals surface area contributed by atoms with E-state index >= 15 is 0 Å². The molecule has 176 valence electrons. The zero-order chi connectivity index (χ0) is 24.9. The van der Waals surface area contributed by atoms with Gasteiger partial charge < -0.3 is 9.84 Å². The molecule has 5 rings (SSSR count). The Bertz CT molecular complexity index is 1500. The van der Waals surface area contributed by atoms with E-state index in [1.54, 1.807) is 19.2 Å². The average molecular weight is 485 g/mol. The van der Waals surface area contributed by atoms with E-state index in [9.17, 15) is 14.7 Å². The number of carbonyl (C=O) groups excluding carboxylic acids is 2. The third-order valence-electron chi connectivity index (χ3n) is 6.38. The van der Waals surface area contributed by atoms with E-state index in [4.69, 9.17) is 4.74 Å². The first kappa shape index (κ1) is 22.8. The lowest BCUT2D eigenvalue weighted by atomic mass is 9.94. The molecule has 1 atom stereocenters. The molecule has 1 fully saturated rings. The number of methoxy groups -OCH3 is 1. The summed E-state index contributed by atoms with van der Waals surface area (Å²) in [5, 5.41) is 13.7. The molecule has 0 radical (unpaired) electrons. The first-order chi connectivity index (χ1) is 16.8. The van der Waals surface area contributed by atoms with Crippen LogP contribution in [-0.4, -0.2) is 28.9 Å². The molecular weight excluding hydrogens is 460 g/mol. The molecule has 35 heavy (non-hydrogen) atoms. The number of aliphatic hydroxyl groups excluding tert-OH is 1. The molecule has 1 unspecified atom stereocenters. The quantitative estimate of drug-likeness (QED) is 0.223. The van der Waals surface area contributed by atoms with Crippen LogP contribution in [0.2, 0.25) is 0 Å². The van der Waals surface area contributed by atoms with Crippen LogP contribution in [0.1, 0.15) is 33.3 Å². The second-order valence-corrected chi connectivity index (χ2v) is 9.83. The van der Waals surface area contributed by atoms with Crippen molar-refractivity contribution in [1.82, 2.24) is 4.98 Å². The summed E-state index contributed by atoms with van der Waals surface area (Å²) in [5.41, 5.74) is 3.10. The lowest BCUT2D eigenvalue weighted by Crippen LogP contribution is -2.29. The van der Waals surface area contributed by atoms with Gasteiger partial charge >= 0.3 is 5.91 Å². The van der Waals surface area contributed by atoms with Crippen LogP contribution in [0.25, 0.3) is 16.5 Å². The second kappa shape index (κ2) is 8.67. The minimum absolute atomic E-state index is 0.0530. The molecule has 1 N–H and O–H groups in total. The van der Waals surface area contributed by atoms with Gasteiger partial charge in [-0.3, -0.25) is 14.5 Å². The Morgan fingerprint density at radius 1 is 0.971 bits per heavy atom. The third kappa shape index (κ3) is 3.88. The standard InChI is InChI=1S/C28H24N2O4S/c1-15-5-7-18(8-6-15)24-23(26(32)27(33)30(24)28-29-16(2)17(3)35-28)25(31)21-10-9-20-14-22(34-4)12-11-19(20)13-21/h5-14,24,31H,1-4H3/b25-23+. The van der Waals surface area contributed by atoms with Crippen molar-refractivity contribution in [2.75, 3.05) is 12.0 Å². The number of carbonyl (C=O) groups is 2. The van der Waals surface area contributed by atoms with Gasteiger partial charge in [-0.2, -0.15) is 0 Å². The van der Waals surface area contributed by atoms with Crippen molar-refractivity contribution in [3.63, 3.8) is 0 Å². The fraction of sp³-hybridized carbons (Fsp3) is 0.179. The highest BCUT2D eigenvalue weighted by molar-refractivity contribution is 7.16. The maximum atomic E-state index is 13.3. The summed E-state index contributed by atoms with van der Waals surface area (Å²) in [6.07, 6.45) is 0. The number of rotatable bonds is 4. The molecule has 0 bridgehead atoms. The van der Waals surface area contributed by atoms with Crippen LogP contribution >= 0.6 is 11.3 Å². The highest BCUT2D eigenvalue weighted by Gasteiger charge is 2.48. The van der Waals surface area contributed by atoms with E-state index in [1.165, 1.54) is 16.2 Å². The smallest absolute Gasteiger partial charge is 0.301 e. The first-order valence-corrected chi connectivity index (χ1v) is 12.0. The highest BCUT2D eigenvalue weighted by Crippen LogP contribution is 2.44. The monoisotopic (exact) mass is 484 g/mol. The van der Waals surface area contributed by atoms with E-state index in [2.05, 4.69) is 4.98 Å². The van der Waals surface area contributed by atoms with Crippen molar-refractivity contribution in [1.29, 1.82) is 0 Å². The molecule has 1 aliphatic rings. The maximum absolute atomic E-state index is 13.3. The predicted octanol–water partition coefficient (Wildman–Crippen LogP) is 5.86. The molecule has 0 saturated carbocycles. The van der Waals surface area contributed by atoms with Gasteiger partial charge in [-0.05, 0) is 55.3 Å². The van der Waals surface area contributed by atoms with E-state index in [1.807, 2.05) is 69.3 Å². The molecule has 1 saturated heterocycles. The van der Waals surface area contributed by atoms with E-state index in [0.29, 0.717) is 10.7 Å². The number of benzene rings is 3. The van der Waals surface area contributed by atoms with Crippen molar-refractivity contribution in [3.05, 3.63) is 93.5 Å². The van der Waals surface area contributed by atoms with Gasteiger partial charge in [-0.1, -0.05) is 48.0 Å². The number of nitrogens with zero attached hydrogens (tertiary/aromatic N) is 2. The molecule has 0 aliphatic carbocycles. The molecule has 6 nitrogen and oxygen atoms in total. The Hall–Kier alpha value is -3.97. The minimum Gasteiger partial charge on any atom is -0.507 e. The lowest BCUT2D eigenvalue weighted by molar-refractivity contribution is -0.132. The molecule has 1 amide bonds. The summed E-state index contributed by atoms with van der Waals surface area (Å²) in [4.78, 5) is 33.6. The minimum atomic E-state index is -0.785. The van der Waals surface area contributed by atoms with Crippen LogP contribution in [-0.2, 0) is 9.59 Å². The summed E-state index contributed by atoms with van der Waals surface area (Å²) in [5.74, 6) is -0.905. The number of aryl methyl sites for hydroxylation is 3. The summed E-state index contributed by atoms with van der Waals surface area (Å²) >= 11 is 1.36. The van der Waals surface area contributed by atoms with Gasteiger partial charge in [0, 0.05) is 10.4 Å². The number of hydrogen-bond donors (Lipinski definition) is 1. The van der Waals surface area contributed by atoms with Crippen LogP contribution in [0.5, 0.6) is 5.75 Å². The number of aliphatic hydroxyl groups is 1. The van der Waals surface area contributed by atoms with Gasteiger partial charge in [0.1, 0.15) is 11.5 Å². The Kier molecular flexibility index (Phi) is 5.65. The number of anilines is 1. The number of Topliss-reactive ketones (excluding diaryl/α,β-unsaturated/α-hetero) is 1. The second-order valence-electron chi connectivity index (χ2n) is 8.65. The largest absolute Gasteiger partial charge is 0.507 e. The Morgan fingerprint density at radius 3 is 2.31 bits per heavy atom. The van der Waals surface area contributed by atoms with Crippen LogP contribution in [0.4, 0.5) is 5.13 Å². The highest BCUT2D eigenvalue weighted by atomic mass is 32.1. The Balaban J connectivity index is 1.70. The van der Waals surface area contributed by atoms with E-state index in [0.717, 1.165) is 38.2 Å². The zero-order valence-corrected chi connectivity index (χ0v) is 20.6. The normalized spacial score (nSPS) is 17.4. The van der Waals surface area contributed by atoms with E-state index in [-0.39, 0.29) is 11.3 Å². The first-order valence-electron chi connectivity index (χ1n) is 11.2. The van der Waals surface area contributed by atoms with Crippen LogP contribution in [0.3, 0.4) is 0 Å². The van der Waals surface area contributed by atoms with Gasteiger partial charge in [0.05, 0.1) is 24.4 Å².